The van der Waals surface area contributed by atoms with Crippen LogP contribution in [0.1, 0.15) is 25.5 Å². The number of hydrazine groups is 1. The minimum atomic E-state index is -3.88. The van der Waals surface area contributed by atoms with Gasteiger partial charge in [0.15, 0.2) is 0 Å². The van der Waals surface area contributed by atoms with Crippen molar-refractivity contribution in [3.63, 3.8) is 0 Å². The second kappa shape index (κ2) is 11.1. The number of fused-ring (bicyclic) bond motifs is 1. The van der Waals surface area contributed by atoms with Crippen LogP contribution in [0.5, 0.6) is 0 Å². The molecule has 0 spiro atoms. The lowest BCUT2D eigenvalue weighted by Gasteiger charge is -2.47. The van der Waals surface area contributed by atoms with Crippen LogP contribution in [0.2, 0.25) is 5.02 Å². The van der Waals surface area contributed by atoms with Crippen molar-refractivity contribution in [2.24, 2.45) is 0 Å². The highest BCUT2D eigenvalue weighted by Gasteiger charge is 2.40. The van der Waals surface area contributed by atoms with Crippen molar-refractivity contribution in [3.8, 4) is 6.07 Å². The number of rotatable bonds is 6. The number of nitriles is 1. The maximum Gasteiger partial charge on any atom is 0.252 e. The molecule has 1 unspecified atom stereocenters. The molecule has 5 rings (SSSR count). The zero-order valence-electron chi connectivity index (χ0n) is 22.0. The van der Waals surface area contributed by atoms with Crippen LogP contribution in [-0.4, -0.2) is 78.4 Å². The van der Waals surface area contributed by atoms with Crippen LogP contribution >= 0.6 is 11.6 Å². The van der Waals surface area contributed by atoms with Crippen LogP contribution in [-0.2, 0) is 14.8 Å². The average molecular weight is 567 g/mol. The number of anilines is 1. The lowest BCUT2D eigenvalue weighted by Crippen LogP contribution is -2.63. The molecule has 0 N–H and O–H groups in total. The van der Waals surface area contributed by atoms with Gasteiger partial charge in [-0.25, -0.2) is 8.42 Å². The molecule has 0 bridgehead atoms. The van der Waals surface area contributed by atoms with Crippen LogP contribution in [0.25, 0.3) is 10.8 Å². The van der Waals surface area contributed by atoms with Crippen LogP contribution in [0, 0.1) is 18.3 Å². The topological polar surface area (TPSA) is 101 Å². The summed E-state index contributed by atoms with van der Waals surface area (Å²) in [6.45, 7) is 5.40. The lowest BCUT2D eigenvalue weighted by molar-refractivity contribution is -0.163. The van der Waals surface area contributed by atoms with Crippen LogP contribution in [0.15, 0.2) is 59.6 Å². The van der Waals surface area contributed by atoms with Gasteiger partial charge >= 0.3 is 0 Å². The van der Waals surface area contributed by atoms with Gasteiger partial charge in [-0.3, -0.25) is 14.8 Å². The maximum atomic E-state index is 13.5. The van der Waals surface area contributed by atoms with Gasteiger partial charge in [0, 0.05) is 48.3 Å². The quantitative estimate of drug-likeness (QED) is 0.447. The molecule has 1 atom stereocenters. The Morgan fingerprint density at radius 1 is 1.05 bits per heavy atom. The number of hydrogen-bond acceptors (Lipinski definition) is 7. The van der Waals surface area contributed by atoms with Gasteiger partial charge in [0.05, 0.1) is 24.1 Å². The van der Waals surface area contributed by atoms with Crippen molar-refractivity contribution in [1.82, 2.24) is 19.3 Å². The molecule has 1 aromatic heterocycles. The van der Waals surface area contributed by atoms with Crippen molar-refractivity contribution in [1.29, 1.82) is 5.26 Å². The summed E-state index contributed by atoms with van der Waals surface area (Å²) >= 11 is 6.06. The summed E-state index contributed by atoms with van der Waals surface area (Å²) in [4.78, 5) is 20.1. The first-order valence-corrected chi connectivity index (χ1v) is 14.8. The number of carbonyl (C=O) groups excluding carboxylic acids is 1. The van der Waals surface area contributed by atoms with E-state index in [9.17, 15) is 18.5 Å². The number of benzene rings is 2. The van der Waals surface area contributed by atoms with Crippen molar-refractivity contribution >= 4 is 44.0 Å². The Bertz CT molecular complexity index is 1530. The van der Waals surface area contributed by atoms with E-state index in [2.05, 4.69) is 22.0 Å². The molecule has 2 aliphatic heterocycles. The second-order valence-electron chi connectivity index (χ2n) is 10.1. The van der Waals surface area contributed by atoms with Gasteiger partial charge < -0.3 is 4.90 Å². The van der Waals surface area contributed by atoms with E-state index in [1.54, 1.807) is 54.5 Å². The summed E-state index contributed by atoms with van der Waals surface area (Å²) in [5, 5.41) is 15.4. The molecule has 2 aliphatic rings. The number of amides is 1. The van der Waals surface area contributed by atoms with Crippen LogP contribution < -0.4 is 4.90 Å². The Morgan fingerprint density at radius 3 is 2.46 bits per heavy atom. The molecule has 9 nitrogen and oxygen atoms in total. The molecule has 0 radical (unpaired) electrons. The number of pyridine rings is 1. The summed E-state index contributed by atoms with van der Waals surface area (Å²) in [5.74, 6) is -0.327. The summed E-state index contributed by atoms with van der Waals surface area (Å²) in [6, 6.07) is 16.0. The Hall–Kier alpha value is -3.23. The zero-order valence-corrected chi connectivity index (χ0v) is 23.6. The van der Waals surface area contributed by atoms with E-state index in [0.717, 1.165) is 48.1 Å². The largest absolute Gasteiger partial charge is 0.371 e. The first-order valence-electron chi connectivity index (χ1n) is 13.0. The highest BCUT2D eigenvalue weighted by atomic mass is 35.5. The molecule has 2 fully saturated rings. The van der Waals surface area contributed by atoms with E-state index >= 15 is 0 Å². The fourth-order valence-electron chi connectivity index (χ4n) is 5.49. The molecule has 3 aromatic rings. The van der Waals surface area contributed by atoms with Crippen molar-refractivity contribution < 1.29 is 13.2 Å². The van der Waals surface area contributed by atoms with Gasteiger partial charge in [0.25, 0.3) is 5.91 Å². The van der Waals surface area contributed by atoms with E-state index in [1.165, 1.54) is 4.31 Å². The second-order valence-corrected chi connectivity index (χ2v) is 12.4. The first-order chi connectivity index (χ1) is 18.7. The molecule has 0 aliphatic carbocycles. The van der Waals surface area contributed by atoms with E-state index in [0.29, 0.717) is 5.02 Å². The Labute approximate surface area is 234 Å². The molecular weight excluding hydrogens is 536 g/mol. The average Bonchev–Trinajstić information content (AvgIpc) is 2.93. The Kier molecular flexibility index (Phi) is 7.78. The minimum absolute atomic E-state index is 0.00162. The van der Waals surface area contributed by atoms with Crippen LogP contribution in [0.3, 0.4) is 0 Å². The molecule has 204 valence electrons. The van der Waals surface area contributed by atoms with Gasteiger partial charge in [-0.05, 0) is 73.9 Å². The molecule has 1 amide bonds. The SMILES string of the molecule is Cc1cc(N2CCC(N(C(C)C#N)N3CCN(S(=O)(=O)c4ccc5cc(Cl)ccc5c4)CC3=O)CC2)ccn1. The Morgan fingerprint density at radius 2 is 1.77 bits per heavy atom. The number of aromatic nitrogens is 1. The highest BCUT2D eigenvalue weighted by Crippen LogP contribution is 2.28. The van der Waals surface area contributed by atoms with Gasteiger partial charge in [-0.15, -0.1) is 0 Å². The van der Waals surface area contributed by atoms with E-state index < -0.39 is 16.1 Å². The highest BCUT2D eigenvalue weighted by molar-refractivity contribution is 7.89. The van der Waals surface area contributed by atoms with Crippen molar-refractivity contribution in [2.75, 3.05) is 37.6 Å². The van der Waals surface area contributed by atoms with Crippen molar-refractivity contribution in [3.05, 3.63) is 65.4 Å². The first kappa shape index (κ1) is 27.3. The number of piperazine rings is 1. The summed E-state index contributed by atoms with van der Waals surface area (Å²) in [7, 11) is -3.88. The van der Waals surface area contributed by atoms with Gasteiger partial charge in [0.1, 0.15) is 6.04 Å². The van der Waals surface area contributed by atoms with E-state index in [-0.39, 0.29) is 36.5 Å². The number of carbonyl (C=O) groups is 1. The smallest absolute Gasteiger partial charge is 0.252 e. The number of piperidine rings is 1. The standard InChI is InChI=1S/C28H31ClN6O3S/c1-20-15-26(7-10-31-20)32-11-8-25(9-12-32)35(21(2)18-30)34-14-13-33(19-28(34)36)39(37,38)27-6-4-22-16-24(29)5-3-23(22)17-27/h3-7,10,15-17,21,25H,8-9,11-14,19H2,1-2H3. The monoisotopic (exact) mass is 566 g/mol. The van der Waals surface area contributed by atoms with Gasteiger partial charge in [-0.2, -0.15) is 14.6 Å². The lowest BCUT2D eigenvalue weighted by atomic mass is 10.0. The normalized spacial score (nSPS) is 18.5. The summed E-state index contributed by atoms with van der Waals surface area (Å²) in [6.07, 6.45) is 3.36. The van der Waals surface area contributed by atoms with Crippen molar-refractivity contribution in [2.45, 2.75) is 43.7 Å². The molecule has 11 heteroatoms. The van der Waals surface area contributed by atoms with Gasteiger partial charge in [0.2, 0.25) is 10.0 Å². The Balaban J connectivity index is 1.29. The molecule has 2 saturated heterocycles. The minimum Gasteiger partial charge on any atom is -0.371 e. The third-order valence-electron chi connectivity index (χ3n) is 7.52. The molecule has 2 aromatic carbocycles. The summed E-state index contributed by atoms with van der Waals surface area (Å²) in [5.41, 5.74) is 2.08. The predicted molar refractivity (Wildman–Crippen MR) is 151 cm³/mol. The molecule has 39 heavy (non-hydrogen) atoms. The van der Waals surface area contributed by atoms with E-state index in [1.807, 2.05) is 18.0 Å². The molecule has 0 saturated carbocycles. The zero-order chi connectivity index (χ0) is 27.7. The predicted octanol–water partition coefficient (Wildman–Crippen LogP) is 3.83. The fourth-order valence-corrected chi connectivity index (χ4v) is 7.09. The van der Waals surface area contributed by atoms with Gasteiger partial charge in [-0.1, -0.05) is 23.7 Å². The third kappa shape index (κ3) is 5.58. The molecule has 3 heterocycles. The van der Waals surface area contributed by atoms with E-state index in [4.69, 9.17) is 11.6 Å². The fraction of sp³-hybridized carbons (Fsp3) is 0.393. The number of halogens is 1. The third-order valence-corrected chi connectivity index (χ3v) is 9.59. The number of sulfonamides is 1. The number of hydrogen-bond donors (Lipinski definition) is 0. The molecular formula is C28H31ClN6O3S. The number of nitrogens with zero attached hydrogens (tertiary/aromatic N) is 6. The van der Waals surface area contributed by atoms with Crippen LogP contribution in [0.4, 0.5) is 5.69 Å². The number of aryl methyl sites for hydroxylation is 1. The maximum absolute atomic E-state index is 13.5. The summed E-state index contributed by atoms with van der Waals surface area (Å²) < 4.78 is 28.1.